The third-order valence-electron chi connectivity index (χ3n) is 2.43. The third kappa shape index (κ3) is 2.68. The Kier molecular flexibility index (Phi) is 3.95. The lowest BCUT2D eigenvalue weighted by molar-refractivity contribution is 0.622. The zero-order chi connectivity index (χ0) is 13.0. The molecule has 0 amide bonds. The number of hydrogen-bond acceptors (Lipinski definition) is 3. The van der Waals surface area contributed by atoms with E-state index in [0.717, 1.165) is 5.82 Å². The van der Waals surface area contributed by atoms with Gasteiger partial charge in [-0.1, -0.05) is 0 Å². The second-order valence-electron chi connectivity index (χ2n) is 3.61. The van der Waals surface area contributed by atoms with Crippen LogP contribution in [0.25, 0.3) is 0 Å². The summed E-state index contributed by atoms with van der Waals surface area (Å²) >= 11 is 3.07. The van der Waals surface area contributed by atoms with Crippen LogP contribution in [0, 0.1) is 17.1 Å². The van der Waals surface area contributed by atoms with Crippen LogP contribution in [0.2, 0.25) is 0 Å². The van der Waals surface area contributed by atoms with Gasteiger partial charge in [-0.25, -0.2) is 9.37 Å². The maximum Gasteiger partial charge on any atom is 0.161 e. The van der Waals surface area contributed by atoms with Crippen molar-refractivity contribution in [3.63, 3.8) is 0 Å². The predicted octanol–water partition coefficient (Wildman–Crippen LogP) is 2.84. The highest BCUT2D eigenvalue weighted by molar-refractivity contribution is 9.10. The first-order valence-electron chi connectivity index (χ1n) is 5.32. The van der Waals surface area contributed by atoms with Crippen molar-refractivity contribution in [2.24, 2.45) is 0 Å². The van der Waals surface area contributed by atoms with E-state index in [9.17, 15) is 4.39 Å². The van der Waals surface area contributed by atoms with Crippen molar-refractivity contribution in [1.29, 1.82) is 5.26 Å². The minimum Gasteiger partial charge on any atom is -0.382 e. The monoisotopic (exact) mass is 308 g/mol. The molecule has 0 bridgehead atoms. The number of H-pyrrole nitrogens is 1. The van der Waals surface area contributed by atoms with E-state index in [1.54, 1.807) is 24.5 Å². The Morgan fingerprint density at radius 2 is 2.33 bits per heavy atom. The molecule has 18 heavy (non-hydrogen) atoms. The molecule has 1 heterocycles. The summed E-state index contributed by atoms with van der Waals surface area (Å²) in [4.78, 5) is 7.04. The molecule has 0 aliphatic rings. The van der Waals surface area contributed by atoms with Crippen molar-refractivity contribution in [1.82, 2.24) is 9.97 Å². The number of halogens is 2. The molecule has 0 fully saturated rings. The molecule has 0 radical (unpaired) electrons. The molecular formula is C12H10BrFN4. The van der Waals surface area contributed by atoms with Crippen molar-refractivity contribution >= 4 is 21.6 Å². The van der Waals surface area contributed by atoms with Crippen molar-refractivity contribution in [3.05, 3.63) is 46.2 Å². The summed E-state index contributed by atoms with van der Waals surface area (Å²) in [7, 11) is 0. The van der Waals surface area contributed by atoms with Gasteiger partial charge in [-0.3, -0.25) is 0 Å². The quantitative estimate of drug-likeness (QED) is 0.913. The minimum absolute atomic E-state index is 0.188. The molecule has 0 aliphatic heterocycles. The van der Waals surface area contributed by atoms with Crippen molar-refractivity contribution in [3.8, 4) is 6.07 Å². The minimum atomic E-state index is -0.450. The Bertz CT molecular complexity index is 575. The summed E-state index contributed by atoms with van der Waals surface area (Å²) in [5.74, 6) is 0.393. The zero-order valence-electron chi connectivity index (χ0n) is 9.37. The topological polar surface area (TPSA) is 64.5 Å². The number of nitrogens with zero attached hydrogens (tertiary/aromatic N) is 2. The highest BCUT2D eigenvalue weighted by Crippen LogP contribution is 2.26. The Morgan fingerprint density at radius 1 is 1.50 bits per heavy atom. The van der Waals surface area contributed by atoms with E-state index in [4.69, 9.17) is 5.26 Å². The van der Waals surface area contributed by atoms with Crippen LogP contribution in [0.5, 0.6) is 0 Å². The van der Waals surface area contributed by atoms with Gasteiger partial charge in [0, 0.05) is 25.4 Å². The maximum absolute atomic E-state index is 13.8. The lowest BCUT2D eigenvalue weighted by atomic mass is 10.2. The maximum atomic E-state index is 13.8. The van der Waals surface area contributed by atoms with Gasteiger partial charge in [0.1, 0.15) is 11.9 Å². The molecule has 0 spiro atoms. The Morgan fingerprint density at radius 3 is 3.00 bits per heavy atom. The normalized spacial score (nSPS) is 10.1. The van der Waals surface area contributed by atoms with Crippen LogP contribution in [-0.4, -0.2) is 16.5 Å². The molecule has 0 unspecified atom stereocenters. The first-order chi connectivity index (χ1) is 8.72. The molecule has 6 heteroatoms. The van der Waals surface area contributed by atoms with Crippen LogP contribution in [0.4, 0.5) is 10.1 Å². The van der Waals surface area contributed by atoms with Crippen molar-refractivity contribution in [2.75, 3.05) is 11.9 Å². The summed E-state index contributed by atoms with van der Waals surface area (Å²) in [5, 5.41) is 11.7. The van der Waals surface area contributed by atoms with E-state index in [2.05, 4.69) is 31.2 Å². The standard InChI is InChI=1S/C12H10BrFN4/c13-11-8(7-15)1-2-9(12(11)14)16-4-3-10-17-5-6-18-10/h1-2,5-6,16H,3-4H2,(H,17,18). The molecular weight excluding hydrogens is 299 g/mol. The molecule has 2 rings (SSSR count). The van der Waals surface area contributed by atoms with Gasteiger partial charge in [-0.15, -0.1) is 0 Å². The van der Waals surface area contributed by atoms with Crippen LogP contribution in [0.3, 0.4) is 0 Å². The molecule has 0 saturated heterocycles. The smallest absolute Gasteiger partial charge is 0.161 e. The van der Waals surface area contributed by atoms with Gasteiger partial charge >= 0.3 is 0 Å². The molecule has 0 atom stereocenters. The van der Waals surface area contributed by atoms with Gasteiger partial charge in [0.15, 0.2) is 5.82 Å². The number of benzene rings is 1. The number of rotatable bonds is 4. The molecule has 1 aromatic heterocycles. The van der Waals surface area contributed by atoms with Crippen LogP contribution < -0.4 is 5.32 Å². The lowest BCUT2D eigenvalue weighted by Crippen LogP contribution is -2.07. The molecule has 2 N–H and O–H groups in total. The number of aromatic amines is 1. The Hall–Kier alpha value is -1.87. The SMILES string of the molecule is N#Cc1ccc(NCCc2ncc[nH]2)c(F)c1Br. The number of nitriles is 1. The molecule has 0 aliphatic carbocycles. The lowest BCUT2D eigenvalue weighted by Gasteiger charge is -2.08. The van der Waals surface area contributed by atoms with E-state index in [1.165, 1.54) is 0 Å². The molecule has 1 aromatic carbocycles. The Labute approximate surface area is 112 Å². The molecule has 92 valence electrons. The highest BCUT2D eigenvalue weighted by atomic mass is 79.9. The number of aromatic nitrogens is 2. The summed E-state index contributed by atoms with van der Waals surface area (Å²) in [6, 6.07) is 5.04. The second-order valence-corrected chi connectivity index (χ2v) is 4.41. The number of imidazole rings is 1. The fourth-order valence-corrected chi connectivity index (χ4v) is 1.96. The predicted molar refractivity (Wildman–Crippen MR) is 69.6 cm³/mol. The van der Waals surface area contributed by atoms with Crippen molar-refractivity contribution < 1.29 is 4.39 Å². The average molecular weight is 309 g/mol. The van der Waals surface area contributed by atoms with Crippen molar-refractivity contribution in [2.45, 2.75) is 6.42 Å². The van der Waals surface area contributed by atoms with E-state index in [1.807, 2.05) is 6.07 Å². The molecule has 4 nitrogen and oxygen atoms in total. The first kappa shape index (κ1) is 12.6. The van der Waals surface area contributed by atoms with Gasteiger partial charge in [0.2, 0.25) is 0 Å². The first-order valence-corrected chi connectivity index (χ1v) is 6.12. The second kappa shape index (κ2) is 5.65. The van der Waals surface area contributed by atoms with Gasteiger partial charge in [-0.05, 0) is 28.1 Å². The van der Waals surface area contributed by atoms with Gasteiger partial charge in [0.05, 0.1) is 15.7 Å². The fraction of sp³-hybridized carbons (Fsp3) is 0.167. The van der Waals surface area contributed by atoms with Crippen LogP contribution in [0.1, 0.15) is 11.4 Å². The molecule has 0 saturated carbocycles. The van der Waals surface area contributed by atoms with Gasteiger partial charge < -0.3 is 10.3 Å². The summed E-state index contributed by atoms with van der Waals surface area (Å²) in [6.45, 7) is 0.558. The number of anilines is 1. The van der Waals surface area contributed by atoms with E-state index >= 15 is 0 Å². The van der Waals surface area contributed by atoms with Gasteiger partial charge in [-0.2, -0.15) is 5.26 Å². The Balaban J connectivity index is 2.02. The average Bonchev–Trinajstić information content (AvgIpc) is 2.88. The van der Waals surface area contributed by atoms with Gasteiger partial charge in [0.25, 0.3) is 0 Å². The van der Waals surface area contributed by atoms with E-state index < -0.39 is 5.82 Å². The summed E-state index contributed by atoms with van der Waals surface area (Å²) < 4.78 is 14.0. The number of hydrogen-bond donors (Lipinski definition) is 2. The highest BCUT2D eigenvalue weighted by Gasteiger charge is 2.10. The third-order valence-corrected chi connectivity index (χ3v) is 3.21. The molecule has 2 aromatic rings. The van der Waals surface area contributed by atoms with Crippen LogP contribution in [-0.2, 0) is 6.42 Å². The van der Waals surface area contributed by atoms with E-state index in [-0.39, 0.29) is 10.0 Å². The summed E-state index contributed by atoms with van der Waals surface area (Å²) in [5.41, 5.74) is 0.650. The largest absolute Gasteiger partial charge is 0.382 e. The fourth-order valence-electron chi connectivity index (χ4n) is 1.52. The van der Waals surface area contributed by atoms with Crippen LogP contribution in [0.15, 0.2) is 29.0 Å². The number of nitrogens with one attached hydrogen (secondary N) is 2. The van der Waals surface area contributed by atoms with Crippen LogP contribution >= 0.6 is 15.9 Å². The van der Waals surface area contributed by atoms with E-state index in [0.29, 0.717) is 18.7 Å². The summed E-state index contributed by atoms with van der Waals surface area (Å²) in [6.07, 6.45) is 4.09. The zero-order valence-corrected chi connectivity index (χ0v) is 11.0.